The Kier molecular flexibility index (Phi) is 3.41. The van der Waals surface area contributed by atoms with Crippen molar-refractivity contribution in [3.63, 3.8) is 0 Å². The number of sulfonamides is 1. The smallest absolute Gasteiger partial charge is 0.238 e. The van der Waals surface area contributed by atoms with Crippen molar-refractivity contribution < 1.29 is 13.2 Å². The lowest BCUT2D eigenvalue weighted by Crippen LogP contribution is -2.29. The fourth-order valence-corrected chi connectivity index (χ4v) is 3.10. The quantitative estimate of drug-likeness (QED) is 0.811. The summed E-state index contributed by atoms with van der Waals surface area (Å²) in [6, 6.07) is 5.09. The Hall–Kier alpha value is -1.40. The van der Waals surface area contributed by atoms with Gasteiger partial charge >= 0.3 is 0 Å². The molecule has 0 fully saturated rings. The molecular formula is C12H16N2O3S. The molecule has 0 aromatic heterocycles. The lowest BCUT2D eigenvalue weighted by atomic mass is 10.0. The van der Waals surface area contributed by atoms with Crippen LogP contribution in [0.15, 0.2) is 23.1 Å². The summed E-state index contributed by atoms with van der Waals surface area (Å²) in [5.41, 5.74) is 1.62. The van der Waals surface area contributed by atoms with Crippen molar-refractivity contribution in [2.75, 3.05) is 6.54 Å². The van der Waals surface area contributed by atoms with Crippen LogP contribution in [0.4, 0.5) is 0 Å². The van der Waals surface area contributed by atoms with Crippen LogP contribution in [-0.4, -0.2) is 25.8 Å². The molecule has 6 heteroatoms. The van der Waals surface area contributed by atoms with E-state index in [1.165, 1.54) is 13.0 Å². The first-order valence-corrected chi connectivity index (χ1v) is 7.33. The Morgan fingerprint density at radius 2 is 2.11 bits per heavy atom. The second kappa shape index (κ2) is 4.70. The second-order valence-electron chi connectivity index (χ2n) is 4.48. The van der Waals surface area contributed by atoms with Gasteiger partial charge in [0.1, 0.15) is 0 Å². The summed E-state index contributed by atoms with van der Waals surface area (Å²) in [6.07, 6.45) is 1.60. The fourth-order valence-electron chi connectivity index (χ4n) is 2.29. The number of aryl methyl sites for hydroxylation is 1. The van der Waals surface area contributed by atoms with Crippen molar-refractivity contribution in [3.05, 3.63) is 29.3 Å². The van der Waals surface area contributed by atoms with E-state index >= 15 is 0 Å². The zero-order chi connectivity index (χ0) is 13.3. The second-order valence-corrected chi connectivity index (χ2v) is 6.01. The van der Waals surface area contributed by atoms with Gasteiger partial charge in [0.2, 0.25) is 15.9 Å². The minimum Gasteiger partial charge on any atom is -0.339 e. The van der Waals surface area contributed by atoms with Gasteiger partial charge in [-0.2, -0.15) is 0 Å². The Labute approximate surface area is 107 Å². The van der Waals surface area contributed by atoms with Gasteiger partial charge in [-0.3, -0.25) is 4.79 Å². The Morgan fingerprint density at radius 1 is 1.39 bits per heavy atom. The van der Waals surface area contributed by atoms with E-state index in [0.29, 0.717) is 18.7 Å². The van der Waals surface area contributed by atoms with E-state index in [0.717, 1.165) is 18.4 Å². The summed E-state index contributed by atoms with van der Waals surface area (Å²) in [7, 11) is -3.75. The van der Waals surface area contributed by atoms with Crippen LogP contribution < -0.4 is 5.14 Å². The Morgan fingerprint density at radius 3 is 2.72 bits per heavy atom. The van der Waals surface area contributed by atoms with E-state index < -0.39 is 10.0 Å². The molecule has 0 spiro atoms. The van der Waals surface area contributed by atoms with E-state index in [2.05, 4.69) is 0 Å². The highest BCUT2D eigenvalue weighted by atomic mass is 32.2. The lowest BCUT2D eigenvalue weighted by molar-refractivity contribution is -0.129. The molecule has 2 N–H and O–H groups in total. The molecular weight excluding hydrogens is 252 g/mol. The number of hydrogen-bond donors (Lipinski definition) is 1. The van der Waals surface area contributed by atoms with E-state index in [1.807, 2.05) is 6.07 Å². The van der Waals surface area contributed by atoms with Crippen molar-refractivity contribution in [2.24, 2.45) is 5.14 Å². The Bertz CT molecular complexity index is 581. The van der Waals surface area contributed by atoms with Gasteiger partial charge in [0.25, 0.3) is 0 Å². The monoisotopic (exact) mass is 268 g/mol. The third kappa shape index (κ3) is 2.54. The summed E-state index contributed by atoms with van der Waals surface area (Å²) in [6.45, 7) is 2.45. The number of nitrogens with zero attached hydrogens (tertiary/aromatic N) is 1. The molecule has 0 unspecified atom stereocenters. The predicted octanol–water partition coefficient (Wildman–Crippen LogP) is 0.629. The molecule has 0 aliphatic carbocycles. The highest BCUT2D eigenvalue weighted by Gasteiger charge is 2.22. The molecule has 1 aliphatic rings. The van der Waals surface area contributed by atoms with Gasteiger partial charge in [-0.1, -0.05) is 12.1 Å². The zero-order valence-electron chi connectivity index (χ0n) is 10.2. The highest BCUT2D eigenvalue weighted by Crippen LogP contribution is 2.24. The predicted molar refractivity (Wildman–Crippen MR) is 67.2 cm³/mol. The van der Waals surface area contributed by atoms with Gasteiger partial charge in [0.15, 0.2) is 0 Å². The van der Waals surface area contributed by atoms with Gasteiger partial charge < -0.3 is 4.90 Å². The fraction of sp³-hybridized carbons (Fsp3) is 0.417. The molecule has 0 saturated heterocycles. The summed E-state index contributed by atoms with van der Waals surface area (Å²) < 4.78 is 23.1. The number of amides is 1. The van der Waals surface area contributed by atoms with E-state index in [1.54, 1.807) is 11.0 Å². The van der Waals surface area contributed by atoms with E-state index in [9.17, 15) is 13.2 Å². The number of benzene rings is 1. The molecule has 5 nitrogen and oxygen atoms in total. The van der Waals surface area contributed by atoms with Crippen LogP contribution in [0.25, 0.3) is 0 Å². The zero-order valence-corrected chi connectivity index (χ0v) is 11.0. The molecule has 0 saturated carbocycles. The largest absolute Gasteiger partial charge is 0.339 e. The van der Waals surface area contributed by atoms with Crippen molar-refractivity contribution in [3.8, 4) is 0 Å². The normalized spacial score (nSPS) is 16.0. The van der Waals surface area contributed by atoms with Gasteiger partial charge in [0.05, 0.1) is 4.90 Å². The van der Waals surface area contributed by atoms with Crippen molar-refractivity contribution in [2.45, 2.75) is 31.2 Å². The molecule has 18 heavy (non-hydrogen) atoms. The lowest BCUT2D eigenvalue weighted by Gasteiger charge is -2.20. The maximum absolute atomic E-state index is 11.6. The summed E-state index contributed by atoms with van der Waals surface area (Å²) >= 11 is 0. The molecule has 0 radical (unpaired) electrons. The molecule has 98 valence electrons. The van der Waals surface area contributed by atoms with Crippen molar-refractivity contribution in [1.82, 2.24) is 4.90 Å². The van der Waals surface area contributed by atoms with Gasteiger partial charge in [0, 0.05) is 20.0 Å². The molecule has 1 aliphatic heterocycles. The van der Waals surface area contributed by atoms with Gasteiger partial charge in [-0.15, -0.1) is 0 Å². The minimum absolute atomic E-state index is 0.0490. The summed E-state index contributed by atoms with van der Waals surface area (Å²) in [5.74, 6) is -0.0490. The maximum atomic E-state index is 11.6. The molecule has 1 amide bonds. The van der Waals surface area contributed by atoms with Crippen molar-refractivity contribution in [1.29, 1.82) is 0 Å². The van der Waals surface area contributed by atoms with Crippen LogP contribution in [-0.2, 0) is 27.8 Å². The first kappa shape index (κ1) is 13.0. The van der Waals surface area contributed by atoms with Crippen molar-refractivity contribution >= 4 is 15.9 Å². The minimum atomic E-state index is -3.75. The third-order valence-electron chi connectivity index (χ3n) is 3.21. The number of hydrogen-bond acceptors (Lipinski definition) is 3. The first-order valence-electron chi connectivity index (χ1n) is 5.78. The molecule has 0 atom stereocenters. The van der Waals surface area contributed by atoms with E-state index in [4.69, 9.17) is 5.14 Å². The molecule has 2 rings (SSSR count). The van der Waals surface area contributed by atoms with Crippen LogP contribution >= 0.6 is 0 Å². The average Bonchev–Trinajstić information content (AvgIpc) is 2.48. The van der Waals surface area contributed by atoms with Crippen LogP contribution in [0, 0.1) is 0 Å². The van der Waals surface area contributed by atoms with E-state index in [-0.39, 0.29) is 10.8 Å². The molecule has 0 bridgehead atoms. The number of primary sulfonamides is 1. The molecule has 1 aromatic carbocycles. The maximum Gasteiger partial charge on any atom is 0.238 e. The van der Waals surface area contributed by atoms with Gasteiger partial charge in [-0.05, 0) is 30.0 Å². The number of carbonyl (C=O) groups excluding carboxylic acids is 1. The number of rotatable bonds is 1. The van der Waals surface area contributed by atoms with Crippen LogP contribution in [0.1, 0.15) is 24.5 Å². The van der Waals surface area contributed by atoms with Gasteiger partial charge in [-0.25, -0.2) is 13.6 Å². The summed E-state index contributed by atoms with van der Waals surface area (Å²) in [5, 5.41) is 5.22. The molecule has 1 heterocycles. The van der Waals surface area contributed by atoms with Crippen LogP contribution in [0.3, 0.4) is 0 Å². The molecule has 1 aromatic rings. The first-order chi connectivity index (χ1) is 8.39. The number of fused-ring (bicyclic) bond motifs is 1. The SMILES string of the molecule is CC(=O)N1CCCc2cccc(S(N)(=O)=O)c2C1. The number of nitrogens with two attached hydrogens (primary N) is 1. The Balaban J connectivity index is 2.53. The standard InChI is InChI=1S/C12H16N2O3S/c1-9(15)14-7-3-5-10-4-2-6-12(11(10)8-14)18(13,16)17/h2,4,6H,3,5,7-8H2,1H3,(H2,13,16,17). The van der Waals surface area contributed by atoms with Crippen LogP contribution in [0.2, 0.25) is 0 Å². The highest BCUT2D eigenvalue weighted by molar-refractivity contribution is 7.89. The summed E-state index contributed by atoms with van der Waals surface area (Å²) in [4.78, 5) is 13.3. The third-order valence-corrected chi connectivity index (χ3v) is 4.20. The topological polar surface area (TPSA) is 80.5 Å². The van der Waals surface area contributed by atoms with Crippen LogP contribution in [0.5, 0.6) is 0 Å². The number of carbonyl (C=O) groups is 1. The average molecular weight is 268 g/mol.